The fourth-order valence-corrected chi connectivity index (χ4v) is 5.44. The van der Waals surface area contributed by atoms with E-state index >= 15 is 0 Å². The summed E-state index contributed by atoms with van der Waals surface area (Å²) in [5.41, 5.74) is 6.17. The number of hydrogen-bond donors (Lipinski definition) is 4. The molecule has 1 aliphatic heterocycles. The number of H-pyrrole nitrogens is 2. The van der Waals surface area contributed by atoms with Gasteiger partial charge in [0.1, 0.15) is 5.69 Å². The van der Waals surface area contributed by atoms with Crippen molar-refractivity contribution in [3.8, 4) is 22.5 Å². The van der Waals surface area contributed by atoms with Gasteiger partial charge in [-0.3, -0.25) is 9.89 Å². The first-order chi connectivity index (χ1) is 18.7. The van der Waals surface area contributed by atoms with E-state index in [9.17, 15) is 4.79 Å². The number of anilines is 2. The first-order valence-electron chi connectivity index (χ1n) is 12.3. The number of hydrogen-bond acceptors (Lipinski definition) is 7. The Labute approximate surface area is 221 Å². The number of aromatic amines is 2. The number of nitrogens with zero attached hydrogens (tertiary/aromatic N) is 3. The van der Waals surface area contributed by atoms with E-state index < -0.39 is 0 Å². The van der Waals surface area contributed by atoms with Crippen molar-refractivity contribution in [1.82, 2.24) is 30.5 Å². The highest BCUT2D eigenvalue weighted by atomic mass is 32.1. The van der Waals surface area contributed by atoms with Crippen LogP contribution >= 0.6 is 11.3 Å². The second-order valence-electron chi connectivity index (χ2n) is 9.24. The first kappa shape index (κ1) is 22.6. The molecule has 1 aliphatic rings. The van der Waals surface area contributed by atoms with Crippen molar-refractivity contribution in [2.75, 3.05) is 18.5 Å². The van der Waals surface area contributed by atoms with Crippen molar-refractivity contribution in [2.45, 2.75) is 12.5 Å². The minimum Gasteiger partial charge on any atom is -0.379 e. The summed E-state index contributed by atoms with van der Waals surface area (Å²) in [6.07, 6.45) is 4.51. The summed E-state index contributed by atoms with van der Waals surface area (Å²) in [7, 11) is 0. The lowest BCUT2D eigenvalue weighted by Crippen LogP contribution is -2.35. The molecule has 2 aromatic carbocycles. The van der Waals surface area contributed by atoms with Crippen molar-refractivity contribution in [2.24, 2.45) is 0 Å². The van der Waals surface area contributed by atoms with Gasteiger partial charge in [0, 0.05) is 40.5 Å². The van der Waals surface area contributed by atoms with Crippen LogP contribution in [0.2, 0.25) is 0 Å². The molecule has 6 aromatic rings. The predicted octanol–water partition coefficient (Wildman–Crippen LogP) is 5.49. The van der Waals surface area contributed by atoms with E-state index in [1.165, 1.54) is 0 Å². The van der Waals surface area contributed by atoms with Crippen molar-refractivity contribution < 1.29 is 9.53 Å². The summed E-state index contributed by atoms with van der Waals surface area (Å²) in [6, 6.07) is 18.0. The van der Waals surface area contributed by atoms with Crippen LogP contribution in [0, 0.1) is 0 Å². The second kappa shape index (κ2) is 9.40. The van der Waals surface area contributed by atoms with E-state index in [-0.39, 0.29) is 11.9 Å². The van der Waals surface area contributed by atoms with Gasteiger partial charge in [-0.25, -0.2) is 9.97 Å². The van der Waals surface area contributed by atoms with Crippen molar-refractivity contribution >= 4 is 49.9 Å². The molecule has 1 atom stereocenters. The number of amides is 1. The van der Waals surface area contributed by atoms with Gasteiger partial charge in [0.15, 0.2) is 11.6 Å². The fraction of sp³-hybridized carbons (Fsp3) is 0.143. The molecular weight excluding hydrogens is 498 g/mol. The number of carbonyl (C=O) groups excluding carboxylic acids is 1. The molecule has 10 heteroatoms. The number of rotatable bonds is 6. The van der Waals surface area contributed by atoms with Gasteiger partial charge in [0.05, 0.1) is 29.1 Å². The Bertz CT molecular complexity index is 1750. The van der Waals surface area contributed by atoms with Gasteiger partial charge in [-0.2, -0.15) is 5.10 Å². The van der Waals surface area contributed by atoms with Crippen LogP contribution in [-0.4, -0.2) is 50.3 Å². The number of carbonyl (C=O) groups is 1. The molecule has 9 nitrogen and oxygen atoms in total. The Morgan fingerprint density at radius 3 is 2.74 bits per heavy atom. The molecule has 0 radical (unpaired) electrons. The van der Waals surface area contributed by atoms with Crippen molar-refractivity contribution in [3.63, 3.8) is 0 Å². The summed E-state index contributed by atoms with van der Waals surface area (Å²) in [4.78, 5) is 25.7. The van der Waals surface area contributed by atoms with Gasteiger partial charge >= 0.3 is 0 Å². The van der Waals surface area contributed by atoms with E-state index in [0.717, 1.165) is 55.7 Å². The Morgan fingerprint density at radius 1 is 1.03 bits per heavy atom. The predicted molar refractivity (Wildman–Crippen MR) is 149 cm³/mol. The Hall–Kier alpha value is -4.54. The van der Waals surface area contributed by atoms with Crippen LogP contribution in [-0.2, 0) is 4.74 Å². The lowest BCUT2D eigenvalue weighted by molar-refractivity contribution is 0.0925. The zero-order chi connectivity index (χ0) is 25.5. The largest absolute Gasteiger partial charge is 0.379 e. The molecule has 1 amide bonds. The van der Waals surface area contributed by atoms with Gasteiger partial charge in [-0.15, -0.1) is 11.3 Å². The molecule has 0 saturated carbocycles. The highest BCUT2D eigenvalue weighted by molar-refractivity contribution is 7.17. The topological polar surface area (TPSA) is 121 Å². The monoisotopic (exact) mass is 521 g/mol. The molecule has 38 heavy (non-hydrogen) atoms. The van der Waals surface area contributed by atoms with Crippen LogP contribution < -0.4 is 10.6 Å². The lowest BCUT2D eigenvalue weighted by atomic mass is 10.1. The van der Waals surface area contributed by atoms with Crippen LogP contribution in [0.5, 0.6) is 0 Å². The molecule has 0 bridgehead atoms. The summed E-state index contributed by atoms with van der Waals surface area (Å²) < 4.78 is 6.35. The quantitative estimate of drug-likeness (QED) is 0.230. The molecular formula is C28H23N7O2S. The zero-order valence-electron chi connectivity index (χ0n) is 20.2. The number of fused-ring (bicyclic) bond motifs is 2. The van der Waals surface area contributed by atoms with E-state index in [1.807, 2.05) is 66.2 Å². The molecule has 1 unspecified atom stereocenters. The fourth-order valence-electron chi connectivity index (χ4n) is 4.67. The van der Waals surface area contributed by atoms with Gasteiger partial charge in [0.2, 0.25) is 0 Å². The Balaban J connectivity index is 1.18. The number of ether oxygens (including phenoxy) is 1. The molecule has 7 rings (SSSR count). The maximum Gasteiger partial charge on any atom is 0.268 e. The molecule has 1 saturated heterocycles. The number of benzene rings is 2. The normalized spacial score (nSPS) is 15.3. The average molecular weight is 522 g/mol. The zero-order valence-corrected chi connectivity index (χ0v) is 21.0. The van der Waals surface area contributed by atoms with Gasteiger partial charge in [-0.1, -0.05) is 24.3 Å². The maximum absolute atomic E-state index is 12.7. The summed E-state index contributed by atoms with van der Waals surface area (Å²) >= 11 is 1.60. The molecule has 188 valence electrons. The van der Waals surface area contributed by atoms with Crippen LogP contribution in [0.3, 0.4) is 0 Å². The highest BCUT2D eigenvalue weighted by Gasteiger charge is 2.20. The van der Waals surface area contributed by atoms with Crippen molar-refractivity contribution in [1.29, 1.82) is 0 Å². The smallest absolute Gasteiger partial charge is 0.268 e. The van der Waals surface area contributed by atoms with Gasteiger partial charge in [-0.05, 0) is 47.7 Å². The standard InChI is InChI=1S/C28H23N7O2S/c36-28(32-21-7-9-37-15-21)24-11-17-1-2-18(12-23(17)33-24)26-34-22-8-10-38-25(22)27(35-26)31-20-5-3-16(4-6-20)19-13-29-30-14-19/h1-6,8,10-14,21,33H,7,9,15H2,(H,29,30)(H,32,36)(H,31,34,35). The molecule has 5 heterocycles. The summed E-state index contributed by atoms with van der Waals surface area (Å²) in [5.74, 6) is 1.24. The van der Waals surface area contributed by atoms with Crippen LogP contribution in [0.15, 0.2) is 72.4 Å². The third-order valence-electron chi connectivity index (χ3n) is 6.67. The van der Waals surface area contributed by atoms with E-state index in [2.05, 4.69) is 25.8 Å². The van der Waals surface area contributed by atoms with Crippen LogP contribution in [0.4, 0.5) is 11.5 Å². The minimum absolute atomic E-state index is 0.0583. The SMILES string of the molecule is O=C(NC1CCOC1)c1cc2ccc(-c3nc(Nc4ccc(-c5cn[nH]c5)cc4)c4sccc4n3)cc2[nH]1. The third kappa shape index (κ3) is 4.29. The highest BCUT2D eigenvalue weighted by Crippen LogP contribution is 2.32. The number of aromatic nitrogens is 5. The maximum atomic E-state index is 12.7. The number of thiophene rings is 1. The molecule has 4 N–H and O–H groups in total. The van der Waals surface area contributed by atoms with Crippen LogP contribution in [0.1, 0.15) is 16.9 Å². The van der Waals surface area contributed by atoms with Crippen molar-refractivity contribution in [3.05, 3.63) is 78.1 Å². The number of nitrogens with one attached hydrogen (secondary N) is 4. The van der Waals surface area contributed by atoms with E-state index in [0.29, 0.717) is 24.7 Å². The Morgan fingerprint density at radius 2 is 1.92 bits per heavy atom. The van der Waals surface area contributed by atoms with Crippen LogP contribution in [0.25, 0.3) is 43.6 Å². The van der Waals surface area contributed by atoms with E-state index in [4.69, 9.17) is 14.7 Å². The lowest BCUT2D eigenvalue weighted by Gasteiger charge is -2.10. The summed E-state index contributed by atoms with van der Waals surface area (Å²) in [6.45, 7) is 1.24. The second-order valence-corrected chi connectivity index (χ2v) is 10.2. The van der Waals surface area contributed by atoms with Gasteiger partial charge in [0.25, 0.3) is 5.91 Å². The summed E-state index contributed by atoms with van der Waals surface area (Å²) in [5, 5.41) is 16.3. The molecule has 0 aliphatic carbocycles. The molecule has 4 aromatic heterocycles. The third-order valence-corrected chi connectivity index (χ3v) is 7.58. The minimum atomic E-state index is -0.125. The molecule has 1 fully saturated rings. The first-order valence-corrected chi connectivity index (χ1v) is 13.2. The van der Waals surface area contributed by atoms with Gasteiger partial charge < -0.3 is 20.4 Å². The van der Waals surface area contributed by atoms with E-state index in [1.54, 1.807) is 17.5 Å². The Kier molecular flexibility index (Phi) is 5.60. The average Bonchev–Trinajstić information content (AvgIpc) is 3.75. The molecule has 0 spiro atoms.